The molecule has 0 amide bonds. The first-order chi connectivity index (χ1) is 59.6. The van der Waals surface area contributed by atoms with Crippen LogP contribution in [0.5, 0.6) is 0 Å². The zero-order chi connectivity index (χ0) is 96.0. The van der Waals surface area contributed by atoms with Crippen LogP contribution in [0.4, 0.5) is 0 Å². The van der Waals surface area contributed by atoms with E-state index >= 15 is 0 Å². The Morgan fingerprint density at radius 1 is 0.333 bits per heavy atom. The van der Waals surface area contributed by atoms with Gasteiger partial charge in [0.25, 0.3) is 0 Å². The van der Waals surface area contributed by atoms with Crippen LogP contribution in [0.15, 0.2) is 0 Å². The molecule has 0 aromatic heterocycles. The maximum Gasteiger partial charge on any atom is 0.313 e. The molecule has 23 aliphatic rings. The molecule has 8 aliphatic heterocycles. The molecule has 123 heavy (non-hydrogen) atoms. The van der Waals surface area contributed by atoms with Crippen LogP contribution >= 0.6 is 0 Å². The highest BCUT2D eigenvalue weighted by molar-refractivity contribution is 5.83. The highest BCUT2D eigenvalue weighted by Crippen LogP contribution is 2.75. The second kappa shape index (κ2) is 62.6. The van der Waals surface area contributed by atoms with E-state index in [0.717, 1.165) is 166 Å². The normalized spacial score (nSPS) is 38.4. The average Bonchev–Trinajstić information content (AvgIpc) is 1.53. The molecule has 0 N–H and O–H groups in total. The Bertz CT molecular complexity index is 2800. The van der Waals surface area contributed by atoms with Gasteiger partial charge < -0.3 is 33.2 Å². The lowest BCUT2D eigenvalue weighted by atomic mass is 9.59. The number of hydrogen-bond acceptors (Lipinski definition) is 14. The Morgan fingerprint density at radius 2 is 0.789 bits per heavy atom. The number of carbonyl (C=O) groups is 7. The fourth-order valence-corrected chi connectivity index (χ4v) is 27.2. The van der Waals surface area contributed by atoms with E-state index in [2.05, 4.69) is 46.3 Å². The molecule has 8 saturated heterocycles. The van der Waals surface area contributed by atoms with Gasteiger partial charge in [0.15, 0.2) is 0 Å². The summed E-state index contributed by atoms with van der Waals surface area (Å²) in [7, 11) is 0. The molecule has 1 spiro atoms. The molecule has 0 aromatic rings. The van der Waals surface area contributed by atoms with E-state index in [4.69, 9.17) is 28.4 Å². The van der Waals surface area contributed by atoms with Crippen molar-refractivity contribution in [3.63, 3.8) is 0 Å². The zero-order valence-electron chi connectivity index (χ0n) is 89.2. The van der Waals surface area contributed by atoms with Crippen LogP contribution < -0.4 is 0 Å². The Morgan fingerprint density at radius 3 is 1.20 bits per heavy atom. The van der Waals surface area contributed by atoms with E-state index in [1.165, 1.54) is 89.9 Å². The van der Waals surface area contributed by atoms with E-state index in [1.54, 1.807) is 0 Å². The van der Waals surface area contributed by atoms with E-state index < -0.39 is 0 Å². The number of hydrogen-bond donors (Lipinski definition) is 0. The molecule has 23 rings (SSSR count). The van der Waals surface area contributed by atoms with Crippen LogP contribution in [0.3, 0.4) is 0 Å². The molecule has 0 aromatic carbocycles. The number of esters is 7. The summed E-state index contributed by atoms with van der Waals surface area (Å²) < 4.78 is 36.6. The van der Waals surface area contributed by atoms with Crippen molar-refractivity contribution in [2.75, 3.05) is 26.4 Å². The Kier molecular flexibility index (Phi) is 62.8. The Labute approximate surface area is 763 Å². The number of rotatable bonds is 0. The van der Waals surface area contributed by atoms with Crippen LogP contribution in [-0.2, 0) is 66.7 Å². The Hall–Kier alpha value is -3.71. The molecule has 18 bridgehead atoms. The summed E-state index contributed by atoms with van der Waals surface area (Å²) in [5.74, 6) is 18.7. The lowest BCUT2D eigenvalue weighted by molar-refractivity contribution is -0.172. The van der Waals surface area contributed by atoms with Crippen LogP contribution in [0.2, 0.25) is 0 Å². The first-order valence-electron chi connectivity index (χ1n) is 53.9. The third-order valence-corrected chi connectivity index (χ3v) is 30.8. The van der Waals surface area contributed by atoms with Gasteiger partial charge in [-0.15, -0.1) is 0 Å². The molecule has 8 heterocycles. The molecular formula is C109H210O14. The monoisotopic (exact) mass is 1740 g/mol. The largest absolute Gasteiger partial charge is 0.466 e. The molecule has 27 atom stereocenters. The van der Waals surface area contributed by atoms with Gasteiger partial charge in [0.1, 0.15) is 17.8 Å². The highest BCUT2D eigenvalue weighted by atomic mass is 16.6. The van der Waals surface area contributed by atoms with Gasteiger partial charge in [-0.25, -0.2) is 0 Å². The van der Waals surface area contributed by atoms with E-state index in [9.17, 15) is 33.6 Å². The third kappa shape index (κ3) is 26.6. The fourth-order valence-electron chi connectivity index (χ4n) is 27.2. The predicted octanol–water partition coefficient (Wildman–Crippen LogP) is 30.6. The molecule has 730 valence electrons. The van der Waals surface area contributed by atoms with Crippen molar-refractivity contribution in [2.45, 2.75) is 469 Å². The van der Waals surface area contributed by atoms with Crippen molar-refractivity contribution in [2.24, 2.45) is 164 Å². The van der Waals surface area contributed by atoms with Gasteiger partial charge in [-0.1, -0.05) is 284 Å². The van der Waals surface area contributed by atoms with Crippen LogP contribution in [0.25, 0.3) is 0 Å². The van der Waals surface area contributed by atoms with Crippen molar-refractivity contribution in [3.8, 4) is 0 Å². The van der Waals surface area contributed by atoms with E-state index in [-0.39, 0.29) is 81.1 Å². The SMILES string of the molecule is CC.CC.CC.CC.CC.CC.CC.CC.CC.CC.CC.CC.CC.CC.CC.CC.CC.CC.CC(C)(C)C12CCC(C)(C(=O)O1)C2(C)C.O=C1CCCO1.O=C1OC2CC3CC(C2)CC1C3.O=C1OC2CC3CC1C2C3.O=C1OCC2C3CC(C12)C1C2CCC(C2)C31.O=C1OCC2C3CCC(C3)C12.O=C1OCCC12CC1CC2C2C3CCC(C3)C12. The van der Waals surface area contributed by atoms with Gasteiger partial charge in [0, 0.05) is 35.0 Å². The van der Waals surface area contributed by atoms with Gasteiger partial charge >= 0.3 is 41.8 Å². The van der Waals surface area contributed by atoms with E-state index in [1.807, 2.05) is 249 Å². The molecule has 14 heteroatoms. The lowest BCUT2D eigenvalue weighted by Crippen LogP contribution is -2.50. The quantitative estimate of drug-likeness (QED) is 0.127. The van der Waals surface area contributed by atoms with Gasteiger partial charge in [0.05, 0.1) is 60.9 Å². The zero-order valence-corrected chi connectivity index (χ0v) is 89.2. The number of fused-ring (bicyclic) bond motifs is 31. The average molecular weight is 1740 g/mol. The number of ether oxygens (including phenoxy) is 7. The standard InChI is InChI=1S/C15H20O2.C14H18O2.C13H22O2.C10H14O2.C9H12O2.C8H10O2.C4H6O2.18C2H6/c16-14-15(3-4-17-14)7-10-6-11(15)13-9-2-1-8(5-9)12(10)13;15-14-13-9-4-8(10(13)5-16-14)11-6-1-2-7(3-6)12(9)11;1-10(2,3)13-8-7-12(6,9(14)15-13)11(13,4)5;11-10-8-2-6-1-7(3-8)5-9(4-6)12-10;10-9-8-6-2-1-5(3-6)7(8)4-11-9;9-8-6-2-4-1-5(6)7(3-4)10-8;5-4-2-1-3-6-4;18*1-2/h8-13H,1-7H2;6-13H,1-5H2;7-8H2,1-6H3;6-9H,1-5H2;5-8H,1-4H2;4-7H,1-3H2;1-3H2;18*1-2H3. The highest BCUT2D eigenvalue weighted by Gasteiger charge is 2.76. The minimum absolute atomic E-state index is 0.00366. The van der Waals surface area contributed by atoms with Crippen molar-refractivity contribution in [3.05, 3.63) is 0 Å². The van der Waals surface area contributed by atoms with E-state index in [0.29, 0.717) is 73.1 Å². The fraction of sp³-hybridized carbons (Fsp3) is 0.936. The number of cyclic esters (lactones) is 4. The summed E-state index contributed by atoms with van der Waals surface area (Å²) in [5, 5.41) is 0. The summed E-state index contributed by atoms with van der Waals surface area (Å²) in [6, 6.07) is 0. The van der Waals surface area contributed by atoms with Crippen LogP contribution in [0.1, 0.15) is 451 Å². The molecule has 15 aliphatic carbocycles. The third-order valence-electron chi connectivity index (χ3n) is 30.8. The summed E-state index contributed by atoms with van der Waals surface area (Å²) in [4.78, 5) is 79.7. The second-order valence-electron chi connectivity index (χ2n) is 35.1. The molecular weight excluding hydrogens is 1530 g/mol. The van der Waals surface area contributed by atoms with Crippen molar-refractivity contribution >= 4 is 41.8 Å². The van der Waals surface area contributed by atoms with Gasteiger partial charge in [-0.3, -0.25) is 33.6 Å². The first-order valence-corrected chi connectivity index (χ1v) is 53.9. The summed E-state index contributed by atoms with van der Waals surface area (Å²) in [6.07, 6.45) is 31.4. The second-order valence-corrected chi connectivity index (χ2v) is 35.1. The van der Waals surface area contributed by atoms with Crippen molar-refractivity contribution in [1.82, 2.24) is 0 Å². The minimum atomic E-state index is -0.277. The summed E-state index contributed by atoms with van der Waals surface area (Å²) in [6.45, 7) is 87.8. The predicted molar refractivity (Wildman–Crippen MR) is 520 cm³/mol. The van der Waals surface area contributed by atoms with Crippen LogP contribution in [0, 0.1) is 164 Å². The smallest absolute Gasteiger partial charge is 0.313 e. The van der Waals surface area contributed by atoms with Gasteiger partial charge in [-0.05, 0) is 262 Å². The molecule has 27 unspecified atom stereocenters. The van der Waals surface area contributed by atoms with Crippen molar-refractivity contribution < 1.29 is 66.7 Å². The summed E-state index contributed by atoms with van der Waals surface area (Å²) >= 11 is 0. The number of carbonyl (C=O) groups excluding carboxylic acids is 7. The molecule has 14 nitrogen and oxygen atoms in total. The lowest BCUT2D eigenvalue weighted by Gasteiger charge is -2.46. The minimum Gasteiger partial charge on any atom is -0.466 e. The Balaban J connectivity index is -0.00000130. The van der Waals surface area contributed by atoms with Crippen molar-refractivity contribution in [1.29, 1.82) is 0 Å². The van der Waals surface area contributed by atoms with Crippen LogP contribution in [-0.4, -0.2) is 86.0 Å². The molecule has 15 saturated carbocycles. The molecule has 23 fully saturated rings. The molecule has 0 radical (unpaired) electrons. The van der Waals surface area contributed by atoms with Gasteiger partial charge in [0.2, 0.25) is 0 Å². The van der Waals surface area contributed by atoms with Gasteiger partial charge in [-0.2, -0.15) is 0 Å². The first kappa shape index (κ1) is 123. The maximum absolute atomic E-state index is 12.2. The topological polar surface area (TPSA) is 184 Å². The summed E-state index contributed by atoms with van der Waals surface area (Å²) in [5.41, 5.74) is -0.599. The maximum atomic E-state index is 12.2.